The molecule has 3 heteroatoms. The molecule has 0 unspecified atom stereocenters. The fourth-order valence-corrected chi connectivity index (χ4v) is 1.01. The number of nitrogen functional groups attached to an aromatic ring is 1. The fraction of sp³-hybridized carbons (Fsp3) is 0.100. The van der Waals surface area contributed by atoms with Crippen LogP contribution < -0.4 is 11.5 Å². The normalized spacial score (nSPS) is 10.2. The van der Waals surface area contributed by atoms with Crippen LogP contribution in [0.3, 0.4) is 0 Å². The van der Waals surface area contributed by atoms with Crippen LogP contribution in [0.15, 0.2) is 24.3 Å². The number of hydrogen-bond donors (Lipinski definition) is 2. The summed E-state index contributed by atoms with van der Waals surface area (Å²) in [6.07, 6.45) is 3.62. The van der Waals surface area contributed by atoms with Gasteiger partial charge in [0.2, 0.25) is 0 Å². The second-order valence-corrected chi connectivity index (χ2v) is 2.60. The van der Waals surface area contributed by atoms with Crippen LogP contribution in [0.4, 0.5) is 5.69 Å². The lowest BCUT2D eigenvalue weighted by Gasteiger charge is -1.98. The van der Waals surface area contributed by atoms with Gasteiger partial charge in [0, 0.05) is 12.2 Å². The Morgan fingerprint density at radius 3 is 2.85 bits per heavy atom. The number of hydrogen-bond acceptors (Lipinski definition) is 3. The Labute approximate surface area is 77.3 Å². The zero-order valence-electron chi connectivity index (χ0n) is 7.20. The van der Waals surface area contributed by atoms with E-state index in [2.05, 4.69) is 6.07 Å². The van der Waals surface area contributed by atoms with Gasteiger partial charge in [0.25, 0.3) is 0 Å². The van der Waals surface area contributed by atoms with Crippen molar-refractivity contribution >= 4 is 11.8 Å². The van der Waals surface area contributed by atoms with Gasteiger partial charge in [-0.2, -0.15) is 5.26 Å². The van der Waals surface area contributed by atoms with Crippen LogP contribution in [0.2, 0.25) is 0 Å². The highest BCUT2D eigenvalue weighted by molar-refractivity contribution is 5.62. The molecule has 0 aromatic heterocycles. The zero-order chi connectivity index (χ0) is 9.68. The molecule has 0 radical (unpaired) electrons. The minimum atomic E-state index is 0.468. The molecular formula is C10H11N3. The van der Waals surface area contributed by atoms with Gasteiger partial charge in [0.1, 0.15) is 0 Å². The molecule has 3 nitrogen and oxygen atoms in total. The molecule has 0 atom stereocenters. The molecule has 0 spiro atoms. The van der Waals surface area contributed by atoms with Gasteiger partial charge in [-0.15, -0.1) is 0 Å². The Morgan fingerprint density at radius 2 is 2.23 bits per heavy atom. The molecule has 0 heterocycles. The Morgan fingerprint density at radius 1 is 1.46 bits per heavy atom. The van der Waals surface area contributed by atoms with E-state index in [9.17, 15) is 0 Å². The summed E-state index contributed by atoms with van der Waals surface area (Å²) in [4.78, 5) is 0. The molecule has 1 aromatic rings. The highest BCUT2D eigenvalue weighted by Gasteiger charge is 1.97. The Kier molecular flexibility index (Phi) is 3.07. The van der Waals surface area contributed by atoms with Crippen LogP contribution >= 0.6 is 0 Å². The lowest BCUT2D eigenvalue weighted by Crippen LogP contribution is -1.93. The Bertz CT molecular complexity index is 361. The summed E-state index contributed by atoms with van der Waals surface area (Å²) in [6, 6.07) is 7.29. The summed E-state index contributed by atoms with van der Waals surface area (Å²) in [5.74, 6) is 0. The maximum atomic E-state index is 8.77. The molecule has 0 aliphatic heterocycles. The fourth-order valence-electron chi connectivity index (χ4n) is 1.01. The largest absolute Gasteiger partial charge is 0.399 e. The molecule has 1 rings (SSSR count). The summed E-state index contributed by atoms with van der Waals surface area (Å²) in [5, 5.41) is 8.77. The van der Waals surface area contributed by atoms with E-state index in [-0.39, 0.29) is 0 Å². The molecule has 0 fully saturated rings. The van der Waals surface area contributed by atoms with Gasteiger partial charge in [-0.1, -0.05) is 18.2 Å². The van der Waals surface area contributed by atoms with Gasteiger partial charge in [-0.05, 0) is 17.7 Å². The summed E-state index contributed by atoms with van der Waals surface area (Å²) in [7, 11) is 0. The number of benzene rings is 1. The van der Waals surface area contributed by atoms with E-state index in [1.165, 1.54) is 0 Å². The molecule has 0 amide bonds. The summed E-state index contributed by atoms with van der Waals surface area (Å²) in [6.45, 7) is 0.468. The van der Waals surface area contributed by atoms with Crippen molar-refractivity contribution in [3.05, 3.63) is 35.4 Å². The van der Waals surface area contributed by atoms with Crippen molar-refractivity contribution in [1.29, 1.82) is 5.26 Å². The standard InChI is InChI=1S/C10H11N3/c11-5-1-2-8-3-4-10(13)6-9(8)7-12/h1-4,6H,5,11,13H2. The Hall–Kier alpha value is -1.79. The van der Waals surface area contributed by atoms with Crippen LogP contribution in [0.25, 0.3) is 6.08 Å². The number of nitrogens with zero attached hydrogens (tertiary/aromatic N) is 1. The first kappa shape index (κ1) is 9.30. The topological polar surface area (TPSA) is 75.8 Å². The van der Waals surface area contributed by atoms with Gasteiger partial charge in [-0.25, -0.2) is 0 Å². The van der Waals surface area contributed by atoms with Crippen molar-refractivity contribution in [3.8, 4) is 6.07 Å². The number of rotatable bonds is 2. The maximum Gasteiger partial charge on any atom is 0.0998 e. The van der Waals surface area contributed by atoms with Crippen molar-refractivity contribution in [2.45, 2.75) is 0 Å². The van der Waals surface area contributed by atoms with Crippen LogP contribution in [0.5, 0.6) is 0 Å². The predicted molar refractivity (Wildman–Crippen MR) is 53.7 cm³/mol. The smallest absolute Gasteiger partial charge is 0.0998 e. The van der Waals surface area contributed by atoms with E-state index in [0.717, 1.165) is 5.56 Å². The number of nitriles is 1. The molecule has 0 aliphatic carbocycles. The molecule has 13 heavy (non-hydrogen) atoms. The molecular weight excluding hydrogens is 162 g/mol. The van der Waals surface area contributed by atoms with E-state index >= 15 is 0 Å². The van der Waals surface area contributed by atoms with Gasteiger partial charge in [0.15, 0.2) is 0 Å². The molecule has 0 aliphatic rings. The first-order chi connectivity index (χ1) is 6.27. The SMILES string of the molecule is N#Cc1cc(N)ccc1C=CCN. The van der Waals surface area contributed by atoms with Crippen LogP contribution in [-0.4, -0.2) is 6.54 Å². The van der Waals surface area contributed by atoms with Crippen LogP contribution in [0, 0.1) is 11.3 Å². The van der Waals surface area contributed by atoms with Gasteiger partial charge in [-0.3, -0.25) is 0 Å². The average molecular weight is 173 g/mol. The number of nitrogens with two attached hydrogens (primary N) is 2. The zero-order valence-corrected chi connectivity index (χ0v) is 7.20. The van der Waals surface area contributed by atoms with Crippen molar-refractivity contribution in [3.63, 3.8) is 0 Å². The number of anilines is 1. The van der Waals surface area contributed by atoms with Crippen LogP contribution in [-0.2, 0) is 0 Å². The summed E-state index contributed by atoms with van der Waals surface area (Å²) in [5.41, 5.74) is 12.9. The maximum absolute atomic E-state index is 8.77. The van der Waals surface area contributed by atoms with E-state index in [4.69, 9.17) is 16.7 Å². The third-order valence-electron chi connectivity index (χ3n) is 1.63. The van der Waals surface area contributed by atoms with Gasteiger partial charge >= 0.3 is 0 Å². The van der Waals surface area contributed by atoms with E-state index in [1.54, 1.807) is 24.3 Å². The molecule has 0 saturated heterocycles. The second kappa shape index (κ2) is 4.29. The van der Waals surface area contributed by atoms with Crippen LogP contribution in [0.1, 0.15) is 11.1 Å². The quantitative estimate of drug-likeness (QED) is 0.658. The van der Waals surface area contributed by atoms with Crippen molar-refractivity contribution in [2.24, 2.45) is 5.73 Å². The van der Waals surface area contributed by atoms with E-state index < -0.39 is 0 Å². The predicted octanol–water partition coefficient (Wildman–Crippen LogP) is 1.11. The third kappa shape index (κ3) is 2.32. The van der Waals surface area contributed by atoms with Crippen molar-refractivity contribution in [1.82, 2.24) is 0 Å². The third-order valence-corrected chi connectivity index (χ3v) is 1.63. The van der Waals surface area contributed by atoms with E-state index in [1.807, 2.05) is 6.08 Å². The van der Waals surface area contributed by atoms with Gasteiger partial charge in [0.05, 0.1) is 11.6 Å². The molecule has 1 aromatic carbocycles. The summed E-state index contributed by atoms with van der Waals surface area (Å²) >= 11 is 0. The lowest BCUT2D eigenvalue weighted by molar-refractivity contribution is 1.26. The minimum Gasteiger partial charge on any atom is -0.399 e. The molecule has 66 valence electrons. The molecule has 4 N–H and O–H groups in total. The highest BCUT2D eigenvalue weighted by atomic mass is 14.5. The van der Waals surface area contributed by atoms with Crippen molar-refractivity contribution < 1.29 is 0 Å². The Balaban J connectivity index is 3.08. The lowest BCUT2D eigenvalue weighted by atomic mass is 10.1. The highest BCUT2D eigenvalue weighted by Crippen LogP contribution is 2.13. The van der Waals surface area contributed by atoms with E-state index in [0.29, 0.717) is 17.8 Å². The molecule has 0 bridgehead atoms. The second-order valence-electron chi connectivity index (χ2n) is 2.60. The van der Waals surface area contributed by atoms with Gasteiger partial charge < -0.3 is 11.5 Å². The first-order valence-corrected chi connectivity index (χ1v) is 3.94. The first-order valence-electron chi connectivity index (χ1n) is 3.94. The van der Waals surface area contributed by atoms with Crippen molar-refractivity contribution in [2.75, 3.05) is 12.3 Å². The summed E-state index contributed by atoms with van der Waals surface area (Å²) < 4.78 is 0. The minimum absolute atomic E-state index is 0.468. The molecule has 0 saturated carbocycles. The monoisotopic (exact) mass is 173 g/mol. The average Bonchev–Trinajstić information content (AvgIpc) is 2.16.